The number of anilines is 1. The normalized spacial score (nSPS) is 10.9. The number of hydrogen-bond donors (Lipinski definition) is 1. The van der Waals surface area contributed by atoms with E-state index < -0.39 is 0 Å². The number of aryl methyl sites for hydroxylation is 2. The van der Waals surface area contributed by atoms with Crippen LogP contribution in [-0.2, 0) is 13.5 Å². The molecular weight excluding hydrogens is 373 g/mol. The molecule has 1 amide bonds. The molecule has 0 aliphatic rings. The molecule has 0 saturated heterocycles. The van der Waals surface area contributed by atoms with Crippen LogP contribution in [0.5, 0.6) is 0 Å². The number of rotatable bonds is 5. The first-order valence-electron chi connectivity index (χ1n) is 9.08. The zero-order valence-electron chi connectivity index (χ0n) is 15.9. The molecule has 4 rings (SSSR count). The standard InChI is InChI=1S/C21H18FN5O2/c1-3-16-12-18(27(2)25-16)21-24-19(26-29-21)13-5-4-6-14(11-13)20(28)23-17-9-7-15(22)8-10-17/h4-12H,3H2,1-2H3,(H,23,28). The Morgan fingerprint density at radius 2 is 1.97 bits per heavy atom. The monoisotopic (exact) mass is 391 g/mol. The van der Waals surface area contributed by atoms with Gasteiger partial charge in [0.05, 0.1) is 5.69 Å². The molecular formula is C21H18FN5O2. The van der Waals surface area contributed by atoms with Gasteiger partial charge in [-0.25, -0.2) is 4.39 Å². The van der Waals surface area contributed by atoms with E-state index in [1.54, 1.807) is 28.9 Å². The summed E-state index contributed by atoms with van der Waals surface area (Å²) in [6.45, 7) is 2.02. The molecule has 0 radical (unpaired) electrons. The molecule has 29 heavy (non-hydrogen) atoms. The second kappa shape index (κ2) is 7.67. The van der Waals surface area contributed by atoms with Crippen LogP contribution in [-0.4, -0.2) is 25.8 Å². The number of nitrogens with zero attached hydrogens (tertiary/aromatic N) is 4. The van der Waals surface area contributed by atoms with Gasteiger partial charge in [0.15, 0.2) is 0 Å². The van der Waals surface area contributed by atoms with Gasteiger partial charge in [0.1, 0.15) is 11.5 Å². The van der Waals surface area contributed by atoms with E-state index in [-0.39, 0.29) is 11.7 Å². The van der Waals surface area contributed by atoms with Crippen LogP contribution < -0.4 is 5.32 Å². The fraction of sp³-hybridized carbons (Fsp3) is 0.143. The summed E-state index contributed by atoms with van der Waals surface area (Å²) in [7, 11) is 1.82. The molecule has 0 unspecified atom stereocenters. The molecule has 0 saturated carbocycles. The highest BCUT2D eigenvalue weighted by Gasteiger charge is 2.16. The van der Waals surface area contributed by atoms with Crippen molar-refractivity contribution in [2.24, 2.45) is 7.05 Å². The quantitative estimate of drug-likeness (QED) is 0.554. The molecule has 2 heterocycles. The Morgan fingerprint density at radius 1 is 1.17 bits per heavy atom. The second-order valence-corrected chi connectivity index (χ2v) is 6.46. The Balaban J connectivity index is 1.57. The van der Waals surface area contributed by atoms with Crippen molar-refractivity contribution in [2.45, 2.75) is 13.3 Å². The summed E-state index contributed by atoms with van der Waals surface area (Å²) in [5.74, 6) is 0.0466. The lowest BCUT2D eigenvalue weighted by atomic mass is 10.1. The van der Waals surface area contributed by atoms with Gasteiger partial charge in [-0.3, -0.25) is 9.48 Å². The molecule has 2 aromatic heterocycles. The Labute approximate surface area is 166 Å². The molecule has 2 aromatic carbocycles. The predicted molar refractivity (Wildman–Crippen MR) is 106 cm³/mol. The van der Waals surface area contributed by atoms with Crippen LogP contribution in [0.25, 0.3) is 23.0 Å². The number of nitrogens with one attached hydrogen (secondary N) is 1. The van der Waals surface area contributed by atoms with E-state index in [9.17, 15) is 9.18 Å². The number of halogens is 1. The summed E-state index contributed by atoms with van der Waals surface area (Å²) in [5.41, 5.74) is 3.23. The summed E-state index contributed by atoms with van der Waals surface area (Å²) in [6.07, 6.45) is 0.806. The minimum Gasteiger partial charge on any atom is -0.332 e. The predicted octanol–water partition coefficient (Wildman–Crippen LogP) is 4.09. The van der Waals surface area contributed by atoms with Gasteiger partial charge in [-0.15, -0.1) is 0 Å². The highest BCUT2D eigenvalue weighted by atomic mass is 19.1. The van der Waals surface area contributed by atoms with Crippen LogP contribution in [0.3, 0.4) is 0 Å². The van der Waals surface area contributed by atoms with E-state index in [0.717, 1.165) is 17.8 Å². The van der Waals surface area contributed by atoms with Gasteiger partial charge in [-0.05, 0) is 48.9 Å². The smallest absolute Gasteiger partial charge is 0.276 e. The summed E-state index contributed by atoms with van der Waals surface area (Å²) in [6, 6.07) is 14.4. The molecule has 0 atom stereocenters. The average molecular weight is 391 g/mol. The fourth-order valence-electron chi connectivity index (χ4n) is 2.88. The lowest BCUT2D eigenvalue weighted by Gasteiger charge is -2.06. The number of amides is 1. The van der Waals surface area contributed by atoms with Crippen molar-refractivity contribution in [1.29, 1.82) is 0 Å². The zero-order chi connectivity index (χ0) is 20.4. The van der Waals surface area contributed by atoms with Crippen LogP contribution in [0.4, 0.5) is 10.1 Å². The largest absolute Gasteiger partial charge is 0.332 e. The van der Waals surface area contributed by atoms with Gasteiger partial charge in [-0.1, -0.05) is 24.2 Å². The van der Waals surface area contributed by atoms with Gasteiger partial charge in [-0.2, -0.15) is 10.1 Å². The van der Waals surface area contributed by atoms with Crippen LogP contribution in [0.1, 0.15) is 23.0 Å². The minimum atomic E-state index is -0.364. The maximum absolute atomic E-state index is 13.0. The Morgan fingerprint density at radius 3 is 2.69 bits per heavy atom. The van der Waals surface area contributed by atoms with Crippen molar-refractivity contribution in [3.05, 3.63) is 71.7 Å². The highest BCUT2D eigenvalue weighted by Crippen LogP contribution is 2.23. The van der Waals surface area contributed by atoms with Crippen molar-refractivity contribution >= 4 is 11.6 Å². The van der Waals surface area contributed by atoms with Crippen LogP contribution in [0.2, 0.25) is 0 Å². The molecule has 0 spiro atoms. The van der Waals surface area contributed by atoms with E-state index in [2.05, 4.69) is 20.6 Å². The zero-order valence-corrected chi connectivity index (χ0v) is 15.9. The number of aromatic nitrogens is 4. The molecule has 0 aliphatic heterocycles. The lowest BCUT2D eigenvalue weighted by Crippen LogP contribution is -2.11. The average Bonchev–Trinajstić information content (AvgIpc) is 3.36. The molecule has 1 N–H and O–H groups in total. The first-order chi connectivity index (χ1) is 14.0. The van der Waals surface area contributed by atoms with Gasteiger partial charge in [0.25, 0.3) is 11.8 Å². The molecule has 146 valence electrons. The molecule has 7 nitrogen and oxygen atoms in total. The number of carbonyl (C=O) groups excluding carboxylic acids is 1. The van der Waals surface area contributed by atoms with E-state index >= 15 is 0 Å². The second-order valence-electron chi connectivity index (χ2n) is 6.46. The van der Waals surface area contributed by atoms with Crippen molar-refractivity contribution < 1.29 is 13.7 Å². The maximum atomic E-state index is 13.0. The van der Waals surface area contributed by atoms with Gasteiger partial charge >= 0.3 is 0 Å². The molecule has 8 heteroatoms. The van der Waals surface area contributed by atoms with Crippen LogP contribution in [0, 0.1) is 5.82 Å². The summed E-state index contributed by atoms with van der Waals surface area (Å²) in [4.78, 5) is 17.0. The third kappa shape index (κ3) is 3.91. The maximum Gasteiger partial charge on any atom is 0.276 e. The molecule has 0 fully saturated rings. The number of carbonyl (C=O) groups is 1. The van der Waals surface area contributed by atoms with Gasteiger partial charge in [0, 0.05) is 23.9 Å². The van der Waals surface area contributed by atoms with E-state index in [4.69, 9.17) is 4.52 Å². The summed E-state index contributed by atoms with van der Waals surface area (Å²) < 4.78 is 20.1. The lowest BCUT2D eigenvalue weighted by molar-refractivity contribution is 0.102. The van der Waals surface area contributed by atoms with Crippen molar-refractivity contribution in [3.63, 3.8) is 0 Å². The van der Waals surface area contributed by atoms with Gasteiger partial charge < -0.3 is 9.84 Å². The van der Waals surface area contributed by atoms with Crippen molar-refractivity contribution in [1.82, 2.24) is 19.9 Å². The summed E-state index contributed by atoms with van der Waals surface area (Å²) in [5, 5.41) is 11.1. The third-order valence-corrected chi connectivity index (χ3v) is 4.42. The number of hydrogen-bond acceptors (Lipinski definition) is 5. The molecule has 4 aromatic rings. The van der Waals surface area contributed by atoms with Crippen LogP contribution >= 0.6 is 0 Å². The summed E-state index contributed by atoms with van der Waals surface area (Å²) >= 11 is 0. The first kappa shape index (κ1) is 18.5. The topological polar surface area (TPSA) is 85.8 Å². The van der Waals surface area contributed by atoms with Crippen molar-refractivity contribution in [3.8, 4) is 23.0 Å². The van der Waals surface area contributed by atoms with E-state index in [0.29, 0.717) is 28.5 Å². The fourth-order valence-corrected chi connectivity index (χ4v) is 2.88. The van der Waals surface area contributed by atoms with Crippen LogP contribution in [0.15, 0.2) is 59.1 Å². The third-order valence-electron chi connectivity index (χ3n) is 4.42. The molecule has 0 bridgehead atoms. The van der Waals surface area contributed by atoms with E-state index in [1.807, 2.05) is 20.0 Å². The SMILES string of the molecule is CCc1cc(-c2nc(-c3cccc(C(=O)Nc4ccc(F)cc4)c3)no2)n(C)n1. The molecule has 0 aliphatic carbocycles. The number of benzene rings is 2. The Hall–Kier alpha value is -3.81. The minimum absolute atomic E-state index is 0.318. The Bertz CT molecular complexity index is 1160. The Kier molecular flexibility index (Phi) is 4.90. The highest BCUT2D eigenvalue weighted by molar-refractivity contribution is 6.04. The van der Waals surface area contributed by atoms with E-state index in [1.165, 1.54) is 24.3 Å². The van der Waals surface area contributed by atoms with Crippen molar-refractivity contribution in [2.75, 3.05) is 5.32 Å². The van der Waals surface area contributed by atoms with Gasteiger partial charge in [0.2, 0.25) is 5.82 Å². The first-order valence-corrected chi connectivity index (χ1v) is 9.08.